The summed E-state index contributed by atoms with van der Waals surface area (Å²) in [7, 11) is 0. The van der Waals surface area contributed by atoms with E-state index in [1.807, 2.05) is 32.1 Å². The average Bonchev–Trinajstić information content (AvgIpc) is 2.30. The number of rotatable bonds is 4. The quantitative estimate of drug-likeness (QED) is 0.771. The Morgan fingerprint density at radius 2 is 1.94 bits per heavy atom. The lowest BCUT2D eigenvalue weighted by atomic mass is 9.95. The van der Waals surface area contributed by atoms with E-state index in [0.717, 1.165) is 24.5 Å². The van der Waals surface area contributed by atoms with Gasteiger partial charge in [0.2, 0.25) is 0 Å². The molecule has 0 saturated heterocycles. The Morgan fingerprint density at radius 3 is 2.69 bits per heavy atom. The standard InChI is InChI=1S/C14H17O2/c1-3-15-12-8-9-13-11(10-12)6-5-7-14(13)16-4-2/h5-9H,3-4,10H2,1-2H3. The van der Waals surface area contributed by atoms with Gasteiger partial charge in [-0.05, 0) is 31.6 Å². The molecule has 2 rings (SSSR count). The van der Waals surface area contributed by atoms with Crippen molar-refractivity contribution >= 4 is 0 Å². The number of benzene rings is 1. The molecule has 0 heterocycles. The van der Waals surface area contributed by atoms with Gasteiger partial charge in [0.25, 0.3) is 0 Å². The van der Waals surface area contributed by atoms with Crippen LogP contribution in [0.2, 0.25) is 0 Å². The zero-order chi connectivity index (χ0) is 11.4. The fourth-order valence-corrected chi connectivity index (χ4v) is 1.92. The molecule has 1 aliphatic rings. The third-order valence-electron chi connectivity index (χ3n) is 2.59. The summed E-state index contributed by atoms with van der Waals surface area (Å²) in [6.07, 6.45) is 4.98. The highest BCUT2D eigenvalue weighted by Crippen LogP contribution is 2.30. The Hall–Kier alpha value is -1.44. The van der Waals surface area contributed by atoms with Crippen LogP contribution >= 0.6 is 0 Å². The monoisotopic (exact) mass is 217 g/mol. The van der Waals surface area contributed by atoms with E-state index >= 15 is 0 Å². The molecule has 0 fully saturated rings. The maximum atomic E-state index is 5.60. The molecule has 2 heteroatoms. The number of hydrogen-bond acceptors (Lipinski definition) is 2. The molecule has 0 saturated carbocycles. The summed E-state index contributed by atoms with van der Waals surface area (Å²) in [4.78, 5) is 0. The summed E-state index contributed by atoms with van der Waals surface area (Å²) >= 11 is 0. The maximum absolute atomic E-state index is 5.60. The Labute approximate surface area is 96.9 Å². The average molecular weight is 217 g/mol. The second kappa shape index (κ2) is 5.06. The highest BCUT2D eigenvalue weighted by Gasteiger charge is 2.15. The Kier molecular flexibility index (Phi) is 3.50. The molecule has 0 atom stereocenters. The predicted molar refractivity (Wildman–Crippen MR) is 64.4 cm³/mol. The summed E-state index contributed by atoms with van der Waals surface area (Å²) in [5.41, 5.74) is 2.46. The van der Waals surface area contributed by atoms with Gasteiger partial charge < -0.3 is 9.47 Å². The third-order valence-corrected chi connectivity index (χ3v) is 2.59. The van der Waals surface area contributed by atoms with E-state index in [-0.39, 0.29) is 0 Å². The van der Waals surface area contributed by atoms with Gasteiger partial charge in [0.05, 0.1) is 19.0 Å². The SMILES string of the molecule is CCOC1=C[CH]c2c(cccc2OCC)C1. The Morgan fingerprint density at radius 1 is 1.12 bits per heavy atom. The van der Waals surface area contributed by atoms with Crippen molar-refractivity contribution in [2.45, 2.75) is 20.3 Å². The first-order valence-electron chi connectivity index (χ1n) is 5.76. The van der Waals surface area contributed by atoms with Crippen molar-refractivity contribution in [2.24, 2.45) is 0 Å². The molecule has 0 amide bonds. The van der Waals surface area contributed by atoms with Crippen LogP contribution < -0.4 is 4.74 Å². The van der Waals surface area contributed by atoms with Crippen molar-refractivity contribution < 1.29 is 9.47 Å². The molecule has 0 bridgehead atoms. The molecule has 0 aliphatic heterocycles. The Balaban J connectivity index is 2.22. The number of ether oxygens (including phenoxy) is 2. The maximum Gasteiger partial charge on any atom is 0.123 e. The molecule has 1 aliphatic carbocycles. The molecule has 16 heavy (non-hydrogen) atoms. The Bertz CT molecular complexity index is 394. The molecule has 0 spiro atoms. The summed E-state index contributed by atoms with van der Waals surface area (Å²) in [5.74, 6) is 2.00. The zero-order valence-electron chi connectivity index (χ0n) is 9.82. The number of hydrogen-bond donors (Lipinski definition) is 0. The first-order valence-corrected chi connectivity index (χ1v) is 5.76. The van der Waals surface area contributed by atoms with Gasteiger partial charge in [0, 0.05) is 18.4 Å². The van der Waals surface area contributed by atoms with E-state index in [1.54, 1.807) is 0 Å². The summed E-state index contributed by atoms with van der Waals surface area (Å²) in [6, 6.07) is 6.17. The van der Waals surface area contributed by atoms with Crippen molar-refractivity contribution in [3.63, 3.8) is 0 Å². The largest absolute Gasteiger partial charge is 0.498 e. The van der Waals surface area contributed by atoms with Gasteiger partial charge in [-0.1, -0.05) is 12.1 Å². The number of fused-ring (bicyclic) bond motifs is 1. The molecule has 1 radical (unpaired) electrons. The molecule has 0 unspecified atom stereocenters. The summed E-state index contributed by atoms with van der Waals surface area (Å²) < 4.78 is 11.1. The second-order valence-electron chi connectivity index (χ2n) is 3.67. The fourth-order valence-electron chi connectivity index (χ4n) is 1.92. The lowest BCUT2D eigenvalue weighted by molar-refractivity contribution is 0.221. The smallest absolute Gasteiger partial charge is 0.123 e. The lowest BCUT2D eigenvalue weighted by Gasteiger charge is -2.19. The van der Waals surface area contributed by atoms with Crippen LogP contribution in [0.4, 0.5) is 0 Å². The first-order chi connectivity index (χ1) is 7.85. The van der Waals surface area contributed by atoms with E-state index < -0.39 is 0 Å². The molecule has 0 N–H and O–H groups in total. The minimum atomic E-state index is 0.701. The van der Waals surface area contributed by atoms with E-state index in [1.165, 1.54) is 11.1 Å². The van der Waals surface area contributed by atoms with Crippen molar-refractivity contribution in [1.82, 2.24) is 0 Å². The summed E-state index contributed by atoms with van der Waals surface area (Å²) in [5, 5.41) is 0. The molecule has 0 aromatic heterocycles. The summed E-state index contributed by atoms with van der Waals surface area (Å²) in [6.45, 7) is 5.43. The van der Waals surface area contributed by atoms with Crippen molar-refractivity contribution in [1.29, 1.82) is 0 Å². The zero-order valence-corrected chi connectivity index (χ0v) is 9.82. The topological polar surface area (TPSA) is 18.5 Å². The molecule has 85 valence electrons. The normalized spacial score (nSPS) is 14.0. The lowest BCUT2D eigenvalue weighted by Crippen LogP contribution is -2.07. The van der Waals surface area contributed by atoms with Crippen LogP contribution in [0, 0.1) is 6.42 Å². The van der Waals surface area contributed by atoms with E-state index in [9.17, 15) is 0 Å². The van der Waals surface area contributed by atoms with Gasteiger partial charge in [0.1, 0.15) is 5.75 Å². The minimum Gasteiger partial charge on any atom is -0.498 e. The van der Waals surface area contributed by atoms with Crippen LogP contribution in [0.3, 0.4) is 0 Å². The van der Waals surface area contributed by atoms with E-state index in [0.29, 0.717) is 6.61 Å². The number of allylic oxidation sites excluding steroid dienone is 2. The van der Waals surface area contributed by atoms with Crippen LogP contribution in [-0.2, 0) is 11.2 Å². The van der Waals surface area contributed by atoms with Crippen molar-refractivity contribution in [3.8, 4) is 5.75 Å². The third kappa shape index (κ3) is 2.21. The predicted octanol–water partition coefficient (Wildman–Crippen LogP) is 3.11. The van der Waals surface area contributed by atoms with Crippen molar-refractivity contribution in [2.75, 3.05) is 13.2 Å². The van der Waals surface area contributed by atoms with Gasteiger partial charge in [-0.15, -0.1) is 0 Å². The minimum absolute atomic E-state index is 0.701. The second-order valence-corrected chi connectivity index (χ2v) is 3.67. The molecular weight excluding hydrogens is 200 g/mol. The van der Waals surface area contributed by atoms with Gasteiger partial charge in [-0.2, -0.15) is 0 Å². The van der Waals surface area contributed by atoms with Crippen LogP contribution in [-0.4, -0.2) is 13.2 Å². The molecule has 1 aromatic carbocycles. The highest BCUT2D eigenvalue weighted by atomic mass is 16.5. The van der Waals surface area contributed by atoms with Gasteiger partial charge in [-0.3, -0.25) is 0 Å². The molecule has 2 nitrogen and oxygen atoms in total. The van der Waals surface area contributed by atoms with Gasteiger partial charge in [-0.25, -0.2) is 0 Å². The highest BCUT2D eigenvalue weighted by molar-refractivity contribution is 5.51. The van der Waals surface area contributed by atoms with E-state index in [4.69, 9.17) is 9.47 Å². The fraction of sp³-hybridized carbons (Fsp3) is 0.357. The van der Waals surface area contributed by atoms with E-state index in [2.05, 4.69) is 12.5 Å². The molecular formula is C14H17O2. The van der Waals surface area contributed by atoms with Gasteiger partial charge in [0.15, 0.2) is 0 Å². The van der Waals surface area contributed by atoms with Gasteiger partial charge >= 0.3 is 0 Å². The van der Waals surface area contributed by atoms with Crippen molar-refractivity contribution in [3.05, 3.63) is 47.6 Å². The first kappa shape index (κ1) is 11.1. The molecule has 1 aromatic rings. The van der Waals surface area contributed by atoms with Crippen LogP contribution in [0.1, 0.15) is 25.0 Å². The van der Waals surface area contributed by atoms with Crippen LogP contribution in [0.25, 0.3) is 0 Å². The van der Waals surface area contributed by atoms with Crippen LogP contribution in [0.5, 0.6) is 5.75 Å². The van der Waals surface area contributed by atoms with Crippen LogP contribution in [0.15, 0.2) is 30.0 Å².